The smallest absolute Gasteiger partial charge is 0.371 e. The van der Waals surface area contributed by atoms with E-state index in [2.05, 4.69) is 33.1 Å². The summed E-state index contributed by atoms with van der Waals surface area (Å²) in [5.41, 5.74) is 2.80. The Morgan fingerprint density at radius 3 is 2.68 bits per heavy atom. The second-order valence-corrected chi connectivity index (χ2v) is 9.55. The largest absolute Gasteiger partial charge is 0.451 e. The van der Waals surface area contributed by atoms with E-state index in [-0.39, 0.29) is 43.2 Å². The molecular formula is C23H24ClF3N6O. The lowest BCUT2D eigenvalue weighted by atomic mass is 9.85. The molecular weight excluding hydrogens is 469 g/mol. The Balaban J connectivity index is 1.31. The molecule has 180 valence electrons. The molecule has 0 unspecified atom stereocenters. The minimum Gasteiger partial charge on any atom is -0.371 e. The van der Waals surface area contributed by atoms with E-state index in [0.29, 0.717) is 24.5 Å². The average molecular weight is 493 g/mol. The number of hydrogen-bond donors (Lipinski definition) is 0. The van der Waals surface area contributed by atoms with Gasteiger partial charge in [0, 0.05) is 53.9 Å². The molecule has 7 nitrogen and oxygen atoms in total. The van der Waals surface area contributed by atoms with Crippen LogP contribution in [0.2, 0.25) is 5.02 Å². The summed E-state index contributed by atoms with van der Waals surface area (Å²) in [6.07, 6.45) is -3.90. The van der Waals surface area contributed by atoms with Crippen LogP contribution >= 0.6 is 11.6 Å². The van der Waals surface area contributed by atoms with Crippen molar-refractivity contribution in [3.63, 3.8) is 0 Å². The van der Waals surface area contributed by atoms with Crippen LogP contribution in [0, 0.1) is 18.8 Å². The summed E-state index contributed by atoms with van der Waals surface area (Å²) in [4.78, 5) is 21.8. The molecule has 2 atom stereocenters. The number of halogens is 4. The third-order valence-corrected chi connectivity index (χ3v) is 6.99. The Labute approximate surface area is 199 Å². The van der Waals surface area contributed by atoms with E-state index >= 15 is 0 Å². The van der Waals surface area contributed by atoms with Crippen LogP contribution in [0.3, 0.4) is 0 Å². The van der Waals surface area contributed by atoms with Crippen molar-refractivity contribution in [3.05, 3.63) is 46.6 Å². The number of anilines is 1. The maximum Gasteiger partial charge on any atom is 0.451 e. The fourth-order valence-electron chi connectivity index (χ4n) is 5.09. The molecule has 1 aromatic carbocycles. The number of hydrogen-bond acceptors (Lipinski definition) is 5. The molecule has 2 aliphatic rings. The number of fused-ring (bicyclic) bond motifs is 2. The summed E-state index contributed by atoms with van der Waals surface area (Å²) in [6, 6.07) is 7.73. The molecule has 0 aliphatic carbocycles. The fraction of sp³-hybridized carbons (Fsp3) is 0.478. The first-order valence-corrected chi connectivity index (χ1v) is 11.6. The highest BCUT2D eigenvalue weighted by atomic mass is 35.5. The monoisotopic (exact) mass is 492 g/mol. The van der Waals surface area contributed by atoms with Crippen molar-refractivity contribution in [2.24, 2.45) is 11.8 Å². The highest BCUT2D eigenvalue weighted by Crippen LogP contribution is 2.35. The number of benzene rings is 1. The first kappa shape index (κ1) is 22.9. The molecule has 4 heterocycles. The van der Waals surface area contributed by atoms with Crippen LogP contribution in [0.1, 0.15) is 30.7 Å². The van der Waals surface area contributed by atoms with Gasteiger partial charge in [0.1, 0.15) is 0 Å². The van der Waals surface area contributed by atoms with Crippen LogP contribution in [-0.4, -0.2) is 50.2 Å². The zero-order valence-corrected chi connectivity index (χ0v) is 19.6. The Morgan fingerprint density at radius 2 is 1.94 bits per heavy atom. The highest BCUT2D eigenvalue weighted by molar-refractivity contribution is 6.31. The van der Waals surface area contributed by atoms with Crippen molar-refractivity contribution in [1.29, 1.82) is 0 Å². The van der Waals surface area contributed by atoms with Gasteiger partial charge < -0.3 is 14.4 Å². The molecule has 0 bridgehead atoms. The number of rotatable bonds is 2. The minimum absolute atomic E-state index is 0.0301. The molecule has 1 saturated heterocycles. The predicted octanol–water partition coefficient (Wildman–Crippen LogP) is 4.31. The number of alkyl halides is 3. The van der Waals surface area contributed by atoms with Crippen LogP contribution < -0.4 is 4.90 Å². The van der Waals surface area contributed by atoms with E-state index in [1.807, 2.05) is 25.1 Å². The van der Waals surface area contributed by atoms with Crippen LogP contribution in [0.15, 0.2) is 24.3 Å². The topological polar surface area (TPSA) is 67.2 Å². The molecule has 5 rings (SSSR count). The van der Waals surface area contributed by atoms with E-state index in [9.17, 15) is 18.0 Å². The van der Waals surface area contributed by atoms with Gasteiger partial charge in [0.2, 0.25) is 11.7 Å². The summed E-state index contributed by atoms with van der Waals surface area (Å²) in [5, 5.41) is 8.64. The lowest BCUT2D eigenvalue weighted by Gasteiger charge is -2.40. The highest BCUT2D eigenvalue weighted by Gasteiger charge is 2.41. The van der Waals surface area contributed by atoms with Crippen LogP contribution in [0.5, 0.6) is 0 Å². The summed E-state index contributed by atoms with van der Waals surface area (Å²) in [6.45, 7) is 5.70. The summed E-state index contributed by atoms with van der Waals surface area (Å²) >= 11 is 6.15. The SMILES string of the molecule is Cc1cc(N2CC[C@H](C(=O)N3CCn4c(nnc4C(F)(F)F)C3)[C@H](C)C2)c2ccc(Cl)cc2n1. The average Bonchev–Trinajstić information content (AvgIpc) is 3.21. The lowest BCUT2D eigenvalue weighted by molar-refractivity contribution is -0.148. The number of carbonyl (C=O) groups is 1. The summed E-state index contributed by atoms with van der Waals surface area (Å²) in [5.74, 6) is -0.983. The molecule has 3 aromatic rings. The van der Waals surface area contributed by atoms with E-state index in [0.717, 1.165) is 26.9 Å². The first-order chi connectivity index (χ1) is 16.1. The van der Waals surface area contributed by atoms with Gasteiger partial charge in [-0.05, 0) is 43.5 Å². The fourth-order valence-corrected chi connectivity index (χ4v) is 5.26. The van der Waals surface area contributed by atoms with Gasteiger partial charge in [-0.1, -0.05) is 18.5 Å². The van der Waals surface area contributed by atoms with Gasteiger partial charge in [0.05, 0.1) is 12.1 Å². The van der Waals surface area contributed by atoms with Gasteiger partial charge >= 0.3 is 6.18 Å². The third kappa shape index (κ3) is 4.08. The standard InChI is InChI=1S/C23H24ClF3N6O/c1-13-11-31(19-9-14(2)28-18-10-15(24)3-4-17(18)19)6-5-16(13)21(34)32-7-8-33-20(12-32)29-30-22(33)23(25,26)27/h3-4,9-10,13,16H,5-8,11-12H2,1-2H3/t13-,16+/m1/s1. The van der Waals surface area contributed by atoms with Gasteiger partial charge in [-0.2, -0.15) is 13.2 Å². The number of carbonyl (C=O) groups excluding carboxylic acids is 1. The minimum atomic E-state index is -4.56. The second-order valence-electron chi connectivity index (χ2n) is 9.11. The number of aromatic nitrogens is 4. The van der Waals surface area contributed by atoms with Crippen molar-refractivity contribution in [1.82, 2.24) is 24.6 Å². The van der Waals surface area contributed by atoms with Gasteiger partial charge in [-0.3, -0.25) is 9.78 Å². The number of nitrogens with zero attached hydrogens (tertiary/aromatic N) is 6. The van der Waals surface area contributed by atoms with Gasteiger partial charge in [0.25, 0.3) is 0 Å². The summed E-state index contributed by atoms with van der Waals surface area (Å²) in [7, 11) is 0. The van der Waals surface area contributed by atoms with E-state index < -0.39 is 12.0 Å². The van der Waals surface area contributed by atoms with Gasteiger partial charge in [0.15, 0.2) is 5.82 Å². The Morgan fingerprint density at radius 1 is 1.15 bits per heavy atom. The molecule has 2 aromatic heterocycles. The molecule has 2 aliphatic heterocycles. The normalized spacial score (nSPS) is 21.1. The lowest BCUT2D eigenvalue weighted by Crippen LogP contribution is -2.49. The zero-order chi connectivity index (χ0) is 24.2. The number of aryl methyl sites for hydroxylation is 1. The Kier molecular flexibility index (Phi) is 5.66. The van der Waals surface area contributed by atoms with Crippen LogP contribution in [-0.2, 0) is 24.1 Å². The zero-order valence-electron chi connectivity index (χ0n) is 18.8. The number of piperidine rings is 1. The predicted molar refractivity (Wildman–Crippen MR) is 121 cm³/mol. The molecule has 34 heavy (non-hydrogen) atoms. The van der Waals surface area contributed by atoms with E-state index in [1.165, 1.54) is 0 Å². The molecule has 1 amide bonds. The quantitative estimate of drug-likeness (QED) is 0.533. The van der Waals surface area contributed by atoms with Crippen molar-refractivity contribution in [2.75, 3.05) is 24.5 Å². The number of amides is 1. The van der Waals surface area contributed by atoms with Gasteiger partial charge in [-0.15, -0.1) is 10.2 Å². The Bertz CT molecular complexity index is 1250. The summed E-state index contributed by atoms with van der Waals surface area (Å²) < 4.78 is 40.4. The second kappa shape index (κ2) is 8.41. The molecule has 11 heteroatoms. The van der Waals surface area contributed by atoms with Gasteiger partial charge in [-0.25, -0.2) is 0 Å². The number of pyridine rings is 1. The third-order valence-electron chi connectivity index (χ3n) is 6.76. The van der Waals surface area contributed by atoms with Crippen molar-refractivity contribution >= 4 is 34.1 Å². The maximum atomic E-state index is 13.3. The maximum absolute atomic E-state index is 13.3. The van der Waals surface area contributed by atoms with Crippen molar-refractivity contribution in [2.45, 2.75) is 39.5 Å². The van der Waals surface area contributed by atoms with Crippen molar-refractivity contribution in [3.8, 4) is 0 Å². The van der Waals surface area contributed by atoms with Crippen molar-refractivity contribution < 1.29 is 18.0 Å². The Hall–Kier alpha value is -2.88. The van der Waals surface area contributed by atoms with E-state index in [4.69, 9.17) is 11.6 Å². The first-order valence-electron chi connectivity index (χ1n) is 11.2. The molecule has 1 fully saturated rings. The molecule has 0 radical (unpaired) electrons. The molecule has 0 N–H and O–H groups in total. The van der Waals surface area contributed by atoms with Crippen LogP contribution in [0.25, 0.3) is 10.9 Å². The molecule has 0 spiro atoms. The van der Waals surface area contributed by atoms with E-state index in [1.54, 1.807) is 4.90 Å². The molecule has 0 saturated carbocycles. The van der Waals surface area contributed by atoms with Crippen LogP contribution in [0.4, 0.5) is 18.9 Å².